The standard InChI is InChI=1S/C26H56NO4P/c1-5-7-9-10-11-12-13-14-15-16-17-18-19-20-21-22-25-30-32(28,29)31-26-24-27(3,4)23-8-6-2/h5-26H2,1-4H3. The van der Waals surface area contributed by atoms with Crippen LogP contribution in [-0.4, -0.2) is 44.9 Å². The lowest BCUT2D eigenvalue weighted by Gasteiger charge is -2.31. The van der Waals surface area contributed by atoms with Crippen LogP contribution in [-0.2, 0) is 13.6 Å². The van der Waals surface area contributed by atoms with E-state index in [1.54, 1.807) is 0 Å². The third-order valence-electron chi connectivity index (χ3n) is 6.31. The van der Waals surface area contributed by atoms with Gasteiger partial charge in [-0.15, -0.1) is 0 Å². The van der Waals surface area contributed by atoms with Gasteiger partial charge in [-0.2, -0.15) is 0 Å². The van der Waals surface area contributed by atoms with E-state index >= 15 is 0 Å². The fourth-order valence-electron chi connectivity index (χ4n) is 3.96. The van der Waals surface area contributed by atoms with Crippen molar-refractivity contribution in [2.24, 2.45) is 0 Å². The van der Waals surface area contributed by atoms with Crippen molar-refractivity contribution in [2.75, 3.05) is 40.4 Å². The molecule has 0 aromatic carbocycles. The van der Waals surface area contributed by atoms with Crippen LogP contribution in [0.2, 0.25) is 0 Å². The minimum atomic E-state index is -4.15. The van der Waals surface area contributed by atoms with Gasteiger partial charge in [0.1, 0.15) is 13.2 Å². The van der Waals surface area contributed by atoms with Gasteiger partial charge >= 0.3 is 0 Å². The van der Waals surface area contributed by atoms with Crippen LogP contribution in [0.3, 0.4) is 0 Å². The molecule has 0 saturated heterocycles. The van der Waals surface area contributed by atoms with Crippen molar-refractivity contribution in [3.8, 4) is 0 Å². The van der Waals surface area contributed by atoms with E-state index in [9.17, 15) is 9.46 Å². The van der Waals surface area contributed by atoms with Crippen LogP contribution in [0.5, 0.6) is 0 Å². The van der Waals surface area contributed by atoms with Crippen LogP contribution in [0, 0.1) is 0 Å². The molecule has 0 N–H and O–H groups in total. The summed E-state index contributed by atoms with van der Waals surface area (Å²) in [5, 5.41) is 0. The van der Waals surface area contributed by atoms with Gasteiger partial charge in [-0.3, -0.25) is 4.57 Å². The van der Waals surface area contributed by atoms with E-state index in [-0.39, 0.29) is 13.2 Å². The van der Waals surface area contributed by atoms with Gasteiger partial charge in [-0.05, 0) is 12.8 Å². The highest BCUT2D eigenvalue weighted by molar-refractivity contribution is 7.45. The smallest absolute Gasteiger partial charge is 0.268 e. The van der Waals surface area contributed by atoms with Gasteiger partial charge in [-0.1, -0.05) is 117 Å². The van der Waals surface area contributed by atoms with Gasteiger partial charge in [0.2, 0.25) is 0 Å². The second-order valence-corrected chi connectivity index (χ2v) is 11.6. The largest absolute Gasteiger partial charge is 0.756 e. The van der Waals surface area contributed by atoms with Crippen molar-refractivity contribution in [3.05, 3.63) is 0 Å². The highest BCUT2D eigenvalue weighted by Crippen LogP contribution is 2.38. The maximum Gasteiger partial charge on any atom is 0.268 e. The van der Waals surface area contributed by atoms with E-state index in [4.69, 9.17) is 9.05 Å². The monoisotopic (exact) mass is 477 g/mol. The number of hydrogen-bond acceptors (Lipinski definition) is 4. The third kappa shape index (κ3) is 23.2. The Morgan fingerprint density at radius 3 is 1.38 bits per heavy atom. The summed E-state index contributed by atoms with van der Waals surface area (Å²) in [5.41, 5.74) is 0. The summed E-state index contributed by atoms with van der Waals surface area (Å²) in [6.45, 7) is 6.58. The van der Waals surface area contributed by atoms with Gasteiger partial charge in [0, 0.05) is 0 Å². The Morgan fingerprint density at radius 2 is 0.938 bits per heavy atom. The topological polar surface area (TPSA) is 58.6 Å². The van der Waals surface area contributed by atoms with E-state index in [1.807, 2.05) is 0 Å². The molecule has 0 rings (SSSR count). The first-order valence-corrected chi connectivity index (χ1v) is 15.2. The van der Waals surface area contributed by atoms with E-state index in [0.717, 1.165) is 43.1 Å². The lowest BCUT2D eigenvalue weighted by atomic mass is 10.0. The Hall–Kier alpha value is 0.0700. The summed E-state index contributed by atoms with van der Waals surface area (Å²) in [7, 11) is 0.0522. The minimum Gasteiger partial charge on any atom is -0.756 e. The molecule has 0 aliphatic heterocycles. The van der Waals surface area contributed by atoms with E-state index < -0.39 is 7.82 Å². The summed E-state index contributed by atoms with van der Waals surface area (Å²) >= 11 is 0. The SMILES string of the molecule is CCCCCCCCCCCCCCCCCCOP(=O)([O-])OCC[N+](C)(C)CCCC. The van der Waals surface area contributed by atoms with Crippen LogP contribution in [0.25, 0.3) is 0 Å². The number of phosphoric acid groups is 1. The summed E-state index contributed by atoms with van der Waals surface area (Å²) in [6, 6.07) is 0. The minimum absolute atomic E-state index is 0.191. The van der Waals surface area contributed by atoms with Gasteiger partial charge in [0.15, 0.2) is 0 Å². The van der Waals surface area contributed by atoms with E-state index in [2.05, 4.69) is 27.9 Å². The molecule has 0 aliphatic rings. The number of unbranched alkanes of at least 4 members (excludes halogenated alkanes) is 16. The predicted octanol–water partition coefficient (Wildman–Crippen LogP) is 7.63. The molecule has 0 bridgehead atoms. The number of phosphoric ester groups is 1. The Bertz CT molecular complexity index is 446. The van der Waals surface area contributed by atoms with E-state index in [1.165, 1.54) is 83.5 Å². The van der Waals surface area contributed by atoms with Crippen molar-refractivity contribution in [1.82, 2.24) is 0 Å². The van der Waals surface area contributed by atoms with Crippen LogP contribution >= 0.6 is 7.82 Å². The fourth-order valence-corrected chi connectivity index (χ4v) is 4.69. The lowest BCUT2D eigenvalue weighted by molar-refractivity contribution is -0.890. The molecule has 0 aliphatic carbocycles. The Morgan fingerprint density at radius 1 is 0.562 bits per heavy atom. The average molecular weight is 478 g/mol. The molecule has 6 heteroatoms. The fraction of sp³-hybridized carbons (Fsp3) is 1.00. The number of quaternary nitrogens is 1. The van der Waals surface area contributed by atoms with Crippen LogP contribution < -0.4 is 4.89 Å². The van der Waals surface area contributed by atoms with Crippen LogP contribution in [0.4, 0.5) is 0 Å². The number of hydrogen-bond donors (Lipinski definition) is 0. The normalized spacial score (nSPS) is 14.0. The number of rotatable bonds is 25. The quantitative estimate of drug-likeness (QED) is 0.0770. The lowest BCUT2D eigenvalue weighted by Crippen LogP contribution is -2.43. The first kappa shape index (κ1) is 32.1. The van der Waals surface area contributed by atoms with Crippen molar-refractivity contribution in [2.45, 2.75) is 129 Å². The van der Waals surface area contributed by atoms with Gasteiger partial charge in [0.05, 0.1) is 27.2 Å². The Kier molecular flexibility index (Phi) is 21.6. The summed E-state index contributed by atoms with van der Waals surface area (Å²) in [5.74, 6) is 0. The highest BCUT2D eigenvalue weighted by atomic mass is 31.2. The molecule has 0 aromatic rings. The molecule has 0 heterocycles. The summed E-state index contributed by atoms with van der Waals surface area (Å²) in [6.07, 6.45) is 23.1. The van der Waals surface area contributed by atoms with Crippen LogP contribution in [0.15, 0.2) is 0 Å². The molecule has 1 unspecified atom stereocenters. The average Bonchev–Trinajstić information content (AvgIpc) is 2.74. The predicted molar refractivity (Wildman–Crippen MR) is 136 cm³/mol. The van der Waals surface area contributed by atoms with Crippen LogP contribution in [0.1, 0.15) is 129 Å². The molecule has 32 heavy (non-hydrogen) atoms. The summed E-state index contributed by atoms with van der Waals surface area (Å²) < 4.78 is 22.7. The maximum atomic E-state index is 11.9. The third-order valence-corrected chi connectivity index (χ3v) is 7.31. The molecule has 0 amide bonds. The number of nitrogens with zero attached hydrogens (tertiary/aromatic N) is 1. The second-order valence-electron chi connectivity index (χ2n) is 10.2. The van der Waals surface area contributed by atoms with Crippen molar-refractivity contribution in [1.29, 1.82) is 0 Å². The zero-order valence-electron chi connectivity index (χ0n) is 22.1. The molecular formula is C26H56NO4P. The maximum absolute atomic E-state index is 11.9. The first-order chi connectivity index (χ1) is 15.3. The van der Waals surface area contributed by atoms with Gasteiger partial charge < -0.3 is 18.4 Å². The first-order valence-electron chi connectivity index (χ1n) is 13.7. The van der Waals surface area contributed by atoms with Crippen molar-refractivity contribution in [3.63, 3.8) is 0 Å². The van der Waals surface area contributed by atoms with Gasteiger partial charge in [0.25, 0.3) is 7.82 Å². The van der Waals surface area contributed by atoms with Crippen molar-refractivity contribution >= 4 is 7.82 Å². The molecule has 1 atom stereocenters. The summed E-state index contributed by atoms with van der Waals surface area (Å²) in [4.78, 5) is 11.9. The molecule has 0 spiro atoms. The zero-order valence-corrected chi connectivity index (χ0v) is 23.0. The molecule has 194 valence electrons. The van der Waals surface area contributed by atoms with Gasteiger partial charge in [-0.25, -0.2) is 0 Å². The Balaban J connectivity index is 3.40. The number of likely N-dealkylation sites (N-methyl/N-ethyl adjacent to an activating group) is 1. The van der Waals surface area contributed by atoms with E-state index in [0.29, 0.717) is 6.54 Å². The molecule has 0 radical (unpaired) electrons. The second kappa shape index (κ2) is 21.6. The molecule has 0 saturated carbocycles. The molecule has 0 fully saturated rings. The molecule has 0 aromatic heterocycles. The molecule has 5 nitrogen and oxygen atoms in total. The highest BCUT2D eigenvalue weighted by Gasteiger charge is 2.16. The Labute approximate surface area is 200 Å². The molecular weight excluding hydrogens is 421 g/mol. The van der Waals surface area contributed by atoms with Crippen molar-refractivity contribution < 1.29 is 23.0 Å². The zero-order chi connectivity index (χ0) is 24.0.